The number of nitrogens with one attached hydrogen (secondary N) is 1. The molecule has 15 heavy (non-hydrogen) atoms. The molecule has 1 heterocycles. The Balaban J connectivity index is 2.11. The zero-order valence-corrected chi connectivity index (χ0v) is 8.18. The lowest BCUT2D eigenvalue weighted by Crippen LogP contribution is -2.10. The maximum atomic E-state index is 5.36. The molecule has 0 saturated carbocycles. The highest BCUT2D eigenvalue weighted by Crippen LogP contribution is 2.18. The third kappa shape index (κ3) is 2.32. The Labute approximate surface area is 87.3 Å². The summed E-state index contributed by atoms with van der Waals surface area (Å²) < 4.78 is 5.36. The number of ether oxygens (including phenoxy) is 1. The van der Waals surface area contributed by atoms with Crippen LogP contribution < -0.4 is 10.5 Å². The van der Waals surface area contributed by atoms with Gasteiger partial charge in [0.15, 0.2) is 5.82 Å². The first kappa shape index (κ1) is 9.67. The molecule has 1 aromatic carbocycles. The number of aromatic amines is 1. The number of H-pyrrole nitrogens is 1. The fourth-order valence-corrected chi connectivity index (χ4v) is 1.23. The third-order valence-electron chi connectivity index (χ3n) is 1.93. The largest absolute Gasteiger partial charge is 0.492 e. The Morgan fingerprint density at radius 1 is 1.27 bits per heavy atom. The van der Waals surface area contributed by atoms with Gasteiger partial charge in [-0.25, -0.2) is 4.98 Å². The van der Waals surface area contributed by atoms with Gasteiger partial charge in [0.2, 0.25) is 0 Å². The van der Waals surface area contributed by atoms with E-state index in [1.54, 1.807) is 0 Å². The van der Waals surface area contributed by atoms with Crippen LogP contribution in [0.25, 0.3) is 11.4 Å². The highest BCUT2D eigenvalue weighted by molar-refractivity contribution is 5.55. The van der Waals surface area contributed by atoms with Gasteiger partial charge in [-0.05, 0) is 24.3 Å². The lowest BCUT2D eigenvalue weighted by atomic mass is 10.2. The van der Waals surface area contributed by atoms with Crippen LogP contribution in [0, 0.1) is 0 Å². The lowest BCUT2D eigenvalue weighted by molar-refractivity contribution is 0.328. The summed E-state index contributed by atoms with van der Waals surface area (Å²) >= 11 is 0. The van der Waals surface area contributed by atoms with Gasteiger partial charge in [0.05, 0.1) is 0 Å². The highest BCUT2D eigenvalue weighted by atomic mass is 16.5. The Hall–Kier alpha value is -1.88. The maximum absolute atomic E-state index is 5.36. The zero-order chi connectivity index (χ0) is 10.5. The molecule has 0 fully saturated rings. The normalized spacial score (nSPS) is 10.2. The minimum absolute atomic E-state index is 0.518. The van der Waals surface area contributed by atoms with E-state index in [2.05, 4.69) is 15.2 Å². The summed E-state index contributed by atoms with van der Waals surface area (Å²) in [6.45, 7) is 1.05. The van der Waals surface area contributed by atoms with E-state index in [-0.39, 0.29) is 0 Å². The van der Waals surface area contributed by atoms with Gasteiger partial charge in [0.25, 0.3) is 0 Å². The summed E-state index contributed by atoms with van der Waals surface area (Å²) in [7, 11) is 0. The van der Waals surface area contributed by atoms with Gasteiger partial charge >= 0.3 is 0 Å². The molecule has 0 amide bonds. The number of nitrogens with two attached hydrogens (primary N) is 1. The quantitative estimate of drug-likeness (QED) is 0.772. The standard InChI is InChI=1S/C10H12N4O/c11-5-6-15-9-3-1-8(2-4-9)10-12-7-13-14-10/h1-4,7H,5-6,11H2,(H,12,13,14). The van der Waals surface area contributed by atoms with Crippen LogP contribution in [0.3, 0.4) is 0 Å². The summed E-state index contributed by atoms with van der Waals surface area (Å²) in [6.07, 6.45) is 1.48. The molecular weight excluding hydrogens is 192 g/mol. The lowest BCUT2D eigenvalue weighted by Gasteiger charge is -2.04. The summed E-state index contributed by atoms with van der Waals surface area (Å²) in [5.74, 6) is 1.56. The number of benzene rings is 1. The van der Waals surface area contributed by atoms with E-state index >= 15 is 0 Å². The highest BCUT2D eigenvalue weighted by Gasteiger charge is 2.00. The summed E-state index contributed by atoms with van der Waals surface area (Å²) in [4.78, 5) is 4.05. The molecule has 5 heteroatoms. The number of aromatic nitrogens is 3. The van der Waals surface area contributed by atoms with Gasteiger partial charge in [-0.1, -0.05) is 0 Å². The molecule has 2 aromatic rings. The number of hydrogen-bond donors (Lipinski definition) is 2. The molecule has 78 valence electrons. The zero-order valence-electron chi connectivity index (χ0n) is 8.18. The van der Waals surface area contributed by atoms with Crippen molar-refractivity contribution in [1.29, 1.82) is 0 Å². The van der Waals surface area contributed by atoms with Crippen LogP contribution in [0.15, 0.2) is 30.6 Å². The van der Waals surface area contributed by atoms with Crippen LogP contribution in [0.4, 0.5) is 0 Å². The van der Waals surface area contributed by atoms with Gasteiger partial charge in [-0.3, -0.25) is 5.10 Å². The molecule has 0 unspecified atom stereocenters. The molecule has 0 saturated heterocycles. The molecule has 0 aliphatic heterocycles. The second-order valence-electron chi connectivity index (χ2n) is 3.00. The van der Waals surface area contributed by atoms with Gasteiger partial charge in [-0.2, -0.15) is 5.10 Å². The van der Waals surface area contributed by atoms with Crippen molar-refractivity contribution in [2.24, 2.45) is 5.73 Å². The molecular formula is C10H12N4O. The molecule has 0 aliphatic carbocycles. The Bertz CT molecular complexity index is 396. The molecule has 0 radical (unpaired) electrons. The Morgan fingerprint density at radius 3 is 2.67 bits per heavy atom. The van der Waals surface area contributed by atoms with E-state index in [0.29, 0.717) is 13.2 Å². The van der Waals surface area contributed by atoms with Crippen molar-refractivity contribution in [3.63, 3.8) is 0 Å². The summed E-state index contributed by atoms with van der Waals surface area (Å²) in [5, 5.41) is 6.58. The van der Waals surface area contributed by atoms with Crippen molar-refractivity contribution in [2.75, 3.05) is 13.2 Å². The summed E-state index contributed by atoms with van der Waals surface area (Å²) in [5.41, 5.74) is 6.31. The van der Waals surface area contributed by atoms with Crippen molar-refractivity contribution < 1.29 is 4.74 Å². The SMILES string of the molecule is NCCOc1ccc(-c2ncn[nH]2)cc1. The minimum atomic E-state index is 0.518. The fraction of sp³-hybridized carbons (Fsp3) is 0.200. The Kier molecular flexibility index (Phi) is 2.94. The maximum Gasteiger partial charge on any atom is 0.155 e. The van der Waals surface area contributed by atoms with Gasteiger partial charge in [0, 0.05) is 12.1 Å². The van der Waals surface area contributed by atoms with Crippen molar-refractivity contribution in [1.82, 2.24) is 15.2 Å². The predicted octanol–water partition coefficient (Wildman–Crippen LogP) is 0.809. The van der Waals surface area contributed by atoms with E-state index < -0.39 is 0 Å². The number of rotatable bonds is 4. The number of nitrogens with zero attached hydrogens (tertiary/aromatic N) is 2. The average molecular weight is 204 g/mol. The molecule has 0 bridgehead atoms. The van der Waals surface area contributed by atoms with Crippen molar-refractivity contribution >= 4 is 0 Å². The molecule has 3 N–H and O–H groups in total. The van der Waals surface area contributed by atoms with Crippen LogP contribution >= 0.6 is 0 Å². The first-order valence-corrected chi connectivity index (χ1v) is 4.69. The first-order valence-electron chi connectivity index (χ1n) is 4.69. The second-order valence-corrected chi connectivity index (χ2v) is 3.00. The fourth-order valence-electron chi connectivity index (χ4n) is 1.23. The van der Waals surface area contributed by atoms with Crippen LogP contribution in [-0.2, 0) is 0 Å². The molecule has 5 nitrogen and oxygen atoms in total. The van der Waals surface area contributed by atoms with Gasteiger partial charge < -0.3 is 10.5 Å². The van der Waals surface area contributed by atoms with Gasteiger partial charge in [0.1, 0.15) is 18.7 Å². The molecule has 0 aliphatic rings. The summed E-state index contributed by atoms with van der Waals surface area (Å²) in [6, 6.07) is 7.61. The molecule has 2 rings (SSSR count). The van der Waals surface area contributed by atoms with Crippen molar-refractivity contribution in [3.05, 3.63) is 30.6 Å². The molecule has 1 aromatic heterocycles. The van der Waals surface area contributed by atoms with E-state index in [4.69, 9.17) is 10.5 Å². The van der Waals surface area contributed by atoms with E-state index in [9.17, 15) is 0 Å². The van der Waals surface area contributed by atoms with E-state index in [1.165, 1.54) is 6.33 Å². The van der Waals surface area contributed by atoms with Gasteiger partial charge in [-0.15, -0.1) is 0 Å². The van der Waals surface area contributed by atoms with Crippen molar-refractivity contribution in [2.45, 2.75) is 0 Å². The smallest absolute Gasteiger partial charge is 0.155 e. The average Bonchev–Trinajstić information content (AvgIpc) is 2.80. The Morgan fingerprint density at radius 2 is 2.07 bits per heavy atom. The third-order valence-corrected chi connectivity index (χ3v) is 1.93. The molecule has 0 atom stereocenters. The van der Waals surface area contributed by atoms with Crippen LogP contribution in [0.2, 0.25) is 0 Å². The molecule has 0 spiro atoms. The second kappa shape index (κ2) is 4.56. The van der Waals surface area contributed by atoms with E-state index in [0.717, 1.165) is 17.1 Å². The number of hydrogen-bond acceptors (Lipinski definition) is 4. The predicted molar refractivity (Wildman–Crippen MR) is 56.4 cm³/mol. The van der Waals surface area contributed by atoms with Crippen LogP contribution in [0.5, 0.6) is 5.75 Å². The van der Waals surface area contributed by atoms with Crippen LogP contribution in [0.1, 0.15) is 0 Å². The monoisotopic (exact) mass is 204 g/mol. The minimum Gasteiger partial charge on any atom is -0.492 e. The topological polar surface area (TPSA) is 76.8 Å². The van der Waals surface area contributed by atoms with E-state index in [1.807, 2.05) is 24.3 Å². The van der Waals surface area contributed by atoms with Crippen LogP contribution in [-0.4, -0.2) is 28.3 Å². The first-order chi connectivity index (χ1) is 7.40. The van der Waals surface area contributed by atoms with Crippen molar-refractivity contribution in [3.8, 4) is 17.1 Å².